The number of benzene rings is 2. The Hall–Kier alpha value is -2.52. The molecule has 0 amide bonds. The Morgan fingerprint density at radius 3 is 2.40 bits per heavy atom. The first-order valence-electron chi connectivity index (χ1n) is 6.81. The van der Waals surface area contributed by atoms with Crippen LogP contribution in [0.3, 0.4) is 0 Å². The van der Waals surface area contributed by atoms with Crippen molar-refractivity contribution in [2.45, 2.75) is 11.3 Å². The lowest BCUT2D eigenvalue weighted by Crippen LogP contribution is -2.12. The molecule has 0 fully saturated rings. The Morgan fingerprint density at radius 2 is 1.80 bits per heavy atom. The standard InChI is InChI=1S/C15H9ClF2N2O4S/c16-10-4-1-2-7-13(10)25(23,24)19-8-9(15(17)18)14-11(19)5-3-6-12(14)20(21)22/h1-8,15H. The Labute approximate surface area is 145 Å². The summed E-state index contributed by atoms with van der Waals surface area (Å²) in [5.41, 5.74) is -1.55. The first kappa shape index (κ1) is 17.3. The predicted octanol–water partition coefficient (Wildman–Crippen LogP) is 4.38. The second-order valence-electron chi connectivity index (χ2n) is 5.04. The number of nitrogens with zero attached hydrogens (tertiary/aromatic N) is 2. The molecule has 0 bridgehead atoms. The van der Waals surface area contributed by atoms with Crippen molar-refractivity contribution in [1.82, 2.24) is 3.97 Å². The van der Waals surface area contributed by atoms with Crippen LogP contribution >= 0.6 is 11.6 Å². The maximum atomic E-state index is 13.4. The van der Waals surface area contributed by atoms with E-state index in [1.54, 1.807) is 0 Å². The monoisotopic (exact) mass is 386 g/mol. The van der Waals surface area contributed by atoms with Crippen molar-refractivity contribution >= 4 is 38.2 Å². The molecule has 6 nitrogen and oxygen atoms in total. The lowest BCUT2D eigenvalue weighted by molar-refractivity contribution is -0.383. The van der Waals surface area contributed by atoms with E-state index in [0.717, 1.165) is 6.07 Å². The SMILES string of the molecule is O=[N+]([O-])c1cccc2c1c(C(F)F)cn2S(=O)(=O)c1ccccc1Cl. The summed E-state index contributed by atoms with van der Waals surface area (Å²) >= 11 is 5.91. The first-order valence-corrected chi connectivity index (χ1v) is 8.63. The van der Waals surface area contributed by atoms with Crippen LogP contribution in [0.2, 0.25) is 5.02 Å². The molecule has 0 spiro atoms. The first-order chi connectivity index (χ1) is 11.7. The maximum absolute atomic E-state index is 13.4. The third kappa shape index (κ3) is 2.75. The van der Waals surface area contributed by atoms with E-state index in [4.69, 9.17) is 11.6 Å². The van der Waals surface area contributed by atoms with Crippen LogP contribution in [0.15, 0.2) is 53.6 Å². The summed E-state index contributed by atoms with van der Waals surface area (Å²) < 4.78 is 53.0. The molecule has 0 saturated carbocycles. The molecule has 3 rings (SSSR count). The largest absolute Gasteiger partial charge is 0.279 e. The fourth-order valence-corrected chi connectivity index (χ4v) is 4.41. The number of hydrogen-bond acceptors (Lipinski definition) is 4. The van der Waals surface area contributed by atoms with Gasteiger partial charge in [-0.05, 0) is 18.2 Å². The van der Waals surface area contributed by atoms with Crippen LogP contribution in [-0.4, -0.2) is 17.3 Å². The van der Waals surface area contributed by atoms with Gasteiger partial charge in [0.25, 0.3) is 22.1 Å². The van der Waals surface area contributed by atoms with E-state index >= 15 is 0 Å². The third-order valence-corrected chi connectivity index (χ3v) is 5.78. The minimum absolute atomic E-state index is 0.0895. The van der Waals surface area contributed by atoms with Crippen molar-refractivity contribution in [2.75, 3.05) is 0 Å². The van der Waals surface area contributed by atoms with Gasteiger partial charge in [-0.1, -0.05) is 29.8 Å². The number of alkyl halides is 2. The molecule has 0 aliphatic carbocycles. The highest BCUT2D eigenvalue weighted by Gasteiger charge is 2.29. The second kappa shape index (κ2) is 6.08. The second-order valence-corrected chi connectivity index (χ2v) is 7.24. The van der Waals surface area contributed by atoms with Crippen LogP contribution in [0.5, 0.6) is 0 Å². The Morgan fingerprint density at radius 1 is 1.12 bits per heavy atom. The Kier molecular flexibility index (Phi) is 4.21. The number of hydrogen-bond donors (Lipinski definition) is 0. The zero-order valence-electron chi connectivity index (χ0n) is 12.3. The molecule has 0 N–H and O–H groups in total. The number of nitro benzene ring substituents is 1. The molecule has 0 atom stereocenters. The van der Waals surface area contributed by atoms with Crippen LogP contribution in [0.25, 0.3) is 10.9 Å². The minimum atomic E-state index is -4.32. The average molecular weight is 387 g/mol. The fraction of sp³-hybridized carbons (Fsp3) is 0.0667. The van der Waals surface area contributed by atoms with E-state index in [9.17, 15) is 27.3 Å². The van der Waals surface area contributed by atoms with Crippen LogP contribution in [0.4, 0.5) is 14.5 Å². The van der Waals surface area contributed by atoms with Crippen molar-refractivity contribution in [3.63, 3.8) is 0 Å². The van der Waals surface area contributed by atoms with Gasteiger partial charge in [-0.2, -0.15) is 0 Å². The summed E-state index contributed by atoms with van der Waals surface area (Å²) in [6, 6.07) is 9.02. The lowest BCUT2D eigenvalue weighted by Gasteiger charge is -2.08. The highest BCUT2D eigenvalue weighted by Crippen LogP contribution is 2.38. The van der Waals surface area contributed by atoms with E-state index in [1.807, 2.05) is 0 Å². The molecule has 0 aliphatic rings. The van der Waals surface area contributed by atoms with Gasteiger partial charge in [-0.3, -0.25) is 10.1 Å². The van der Waals surface area contributed by atoms with Gasteiger partial charge in [-0.25, -0.2) is 21.2 Å². The van der Waals surface area contributed by atoms with Crippen LogP contribution in [0, 0.1) is 10.1 Å². The number of non-ortho nitro benzene ring substituents is 1. The van der Waals surface area contributed by atoms with Crippen molar-refractivity contribution < 1.29 is 22.1 Å². The quantitative estimate of drug-likeness (QED) is 0.492. The minimum Gasteiger partial charge on any atom is -0.258 e. The van der Waals surface area contributed by atoms with Gasteiger partial charge in [0.1, 0.15) is 4.90 Å². The van der Waals surface area contributed by atoms with E-state index in [-0.39, 0.29) is 15.4 Å². The van der Waals surface area contributed by atoms with E-state index < -0.39 is 38.0 Å². The molecular formula is C15H9ClF2N2O4S. The lowest BCUT2D eigenvalue weighted by atomic mass is 10.1. The molecule has 3 aromatic rings. The summed E-state index contributed by atoms with van der Waals surface area (Å²) in [6.45, 7) is 0. The molecule has 0 unspecified atom stereocenters. The van der Waals surface area contributed by atoms with Gasteiger partial charge < -0.3 is 0 Å². The molecule has 2 aromatic carbocycles. The third-order valence-electron chi connectivity index (χ3n) is 3.61. The molecule has 10 heteroatoms. The van der Waals surface area contributed by atoms with Gasteiger partial charge >= 0.3 is 0 Å². The Bertz CT molecular complexity index is 1100. The number of nitro groups is 1. The van der Waals surface area contributed by atoms with Gasteiger partial charge in [0, 0.05) is 12.3 Å². The number of rotatable bonds is 4. The zero-order chi connectivity index (χ0) is 18.4. The molecule has 25 heavy (non-hydrogen) atoms. The summed E-state index contributed by atoms with van der Waals surface area (Å²) in [6.07, 6.45) is -2.40. The molecule has 0 aliphatic heterocycles. The highest BCUT2D eigenvalue weighted by atomic mass is 35.5. The van der Waals surface area contributed by atoms with Crippen LogP contribution in [-0.2, 0) is 10.0 Å². The van der Waals surface area contributed by atoms with Crippen LogP contribution < -0.4 is 0 Å². The van der Waals surface area contributed by atoms with Gasteiger partial charge in [-0.15, -0.1) is 0 Å². The fourth-order valence-electron chi connectivity index (χ4n) is 2.54. The summed E-state index contributed by atoms with van der Waals surface area (Å²) in [5, 5.41) is 10.6. The van der Waals surface area contributed by atoms with Gasteiger partial charge in [0.2, 0.25) is 0 Å². The molecular weight excluding hydrogens is 378 g/mol. The molecule has 0 radical (unpaired) electrons. The molecule has 1 heterocycles. The van der Waals surface area contributed by atoms with Crippen molar-refractivity contribution in [1.29, 1.82) is 0 Å². The normalized spacial score (nSPS) is 12.0. The van der Waals surface area contributed by atoms with Crippen molar-refractivity contribution in [3.05, 3.63) is 69.4 Å². The highest BCUT2D eigenvalue weighted by molar-refractivity contribution is 7.90. The topological polar surface area (TPSA) is 82.2 Å². The number of halogens is 3. The molecule has 1 aromatic heterocycles. The number of fused-ring (bicyclic) bond motifs is 1. The molecule has 130 valence electrons. The van der Waals surface area contributed by atoms with Crippen molar-refractivity contribution in [2.24, 2.45) is 0 Å². The summed E-state index contributed by atoms with van der Waals surface area (Å²) in [4.78, 5) is 10.0. The molecule has 0 saturated heterocycles. The van der Waals surface area contributed by atoms with Gasteiger partial charge in [0.05, 0.1) is 26.4 Å². The maximum Gasteiger partial charge on any atom is 0.279 e. The van der Waals surface area contributed by atoms with E-state index in [1.165, 1.54) is 36.4 Å². The van der Waals surface area contributed by atoms with E-state index in [2.05, 4.69) is 0 Å². The Balaban J connectivity index is 2.41. The zero-order valence-corrected chi connectivity index (χ0v) is 13.8. The summed E-state index contributed by atoms with van der Waals surface area (Å²) in [5.74, 6) is 0. The van der Waals surface area contributed by atoms with Crippen molar-refractivity contribution in [3.8, 4) is 0 Å². The average Bonchev–Trinajstić information content (AvgIpc) is 2.95. The van der Waals surface area contributed by atoms with Gasteiger partial charge in [0.15, 0.2) is 0 Å². The van der Waals surface area contributed by atoms with E-state index in [0.29, 0.717) is 10.2 Å². The number of aromatic nitrogens is 1. The summed E-state index contributed by atoms with van der Waals surface area (Å²) in [7, 11) is -4.32. The predicted molar refractivity (Wildman–Crippen MR) is 87.6 cm³/mol. The van der Waals surface area contributed by atoms with Crippen LogP contribution in [0.1, 0.15) is 12.0 Å². The smallest absolute Gasteiger partial charge is 0.258 e.